The van der Waals surface area contributed by atoms with Crippen LogP contribution in [-0.2, 0) is 12.8 Å². The summed E-state index contributed by atoms with van der Waals surface area (Å²) < 4.78 is 5.92. The fourth-order valence-corrected chi connectivity index (χ4v) is 2.49. The van der Waals surface area contributed by atoms with E-state index in [-0.39, 0.29) is 11.9 Å². The van der Waals surface area contributed by atoms with Gasteiger partial charge in [0.2, 0.25) is 0 Å². The van der Waals surface area contributed by atoms with Gasteiger partial charge in [-0.25, -0.2) is 0 Å². The molecule has 0 fully saturated rings. The van der Waals surface area contributed by atoms with Crippen molar-refractivity contribution < 1.29 is 4.74 Å². The van der Waals surface area contributed by atoms with Gasteiger partial charge in [0.15, 0.2) is 0 Å². The van der Waals surface area contributed by atoms with Crippen LogP contribution in [0.3, 0.4) is 0 Å². The molecule has 3 heteroatoms. The van der Waals surface area contributed by atoms with E-state index in [0.29, 0.717) is 6.42 Å². The van der Waals surface area contributed by atoms with Gasteiger partial charge >= 0.3 is 0 Å². The molecule has 1 aliphatic carbocycles. The molecule has 1 unspecified atom stereocenters. The van der Waals surface area contributed by atoms with Gasteiger partial charge in [-0.2, -0.15) is 0 Å². The van der Waals surface area contributed by atoms with Crippen molar-refractivity contribution in [1.29, 1.82) is 5.41 Å². The number of ether oxygens (including phenoxy) is 1. The minimum Gasteiger partial charge on any atom is -0.490 e. The van der Waals surface area contributed by atoms with Crippen LogP contribution in [-0.4, -0.2) is 11.9 Å². The van der Waals surface area contributed by atoms with Crippen molar-refractivity contribution >= 4 is 5.84 Å². The van der Waals surface area contributed by atoms with Gasteiger partial charge < -0.3 is 10.5 Å². The molecule has 1 aliphatic rings. The zero-order valence-electron chi connectivity index (χ0n) is 11.0. The van der Waals surface area contributed by atoms with Crippen molar-refractivity contribution in [1.82, 2.24) is 0 Å². The highest BCUT2D eigenvalue weighted by Crippen LogP contribution is 2.26. The van der Waals surface area contributed by atoms with E-state index >= 15 is 0 Å². The molecule has 0 bridgehead atoms. The standard InChI is InChI=1S/C15H22N2O/c1-2-13(10-15(16)17)18-14-8-7-11-5-3-4-6-12(11)9-14/h7-9,13H,2-6,10H2,1H3,(H3,16,17). The van der Waals surface area contributed by atoms with Crippen LogP contribution in [0.15, 0.2) is 18.2 Å². The maximum Gasteiger partial charge on any atom is 0.120 e. The van der Waals surface area contributed by atoms with Gasteiger partial charge in [-0.3, -0.25) is 5.41 Å². The second-order valence-electron chi connectivity index (χ2n) is 5.02. The minimum absolute atomic E-state index is 0.0177. The number of nitrogens with one attached hydrogen (secondary N) is 1. The zero-order chi connectivity index (χ0) is 13.0. The molecule has 0 spiro atoms. The van der Waals surface area contributed by atoms with Crippen LogP contribution in [0.25, 0.3) is 0 Å². The smallest absolute Gasteiger partial charge is 0.120 e. The van der Waals surface area contributed by atoms with Gasteiger partial charge in [0.25, 0.3) is 0 Å². The topological polar surface area (TPSA) is 59.1 Å². The SMILES string of the molecule is CCC(CC(=N)N)Oc1ccc2c(c1)CCCC2. The Bertz CT molecular complexity index is 429. The first-order chi connectivity index (χ1) is 8.69. The Morgan fingerprint density at radius 1 is 1.33 bits per heavy atom. The van der Waals surface area contributed by atoms with Gasteiger partial charge in [-0.05, 0) is 55.4 Å². The largest absolute Gasteiger partial charge is 0.490 e. The number of nitrogens with two attached hydrogens (primary N) is 1. The number of fused-ring (bicyclic) bond motifs is 1. The van der Waals surface area contributed by atoms with Crippen LogP contribution in [0, 0.1) is 5.41 Å². The molecule has 0 saturated heterocycles. The first kappa shape index (κ1) is 12.9. The molecular weight excluding hydrogens is 224 g/mol. The Morgan fingerprint density at radius 2 is 2.06 bits per heavy atom. The molecule has 3 nitrogen and oxygen atoms in total. The maximum atomic E-state index is 7.34. The van der Waals surface area contributed by atoms with E-state index < -0.39 is 0 Å². The van der Waals surface area contributed by atoms with Crippen molar-refractivity contribution in [2.75, 3.05) is 0 Å². The molecule has 18 heavy (non-hydrogen) atoms. The molecule has 1 aromatic carbocycles. The van der Waals surface area contributed by atoms with E-state index in [9.17, 15) is 0 Å². The lowest BCUT2D eigenvalue weighted by molar-refractivity contribution is 0.204. The fourth-order valence-electron chi connectivity index (χ4n) is 2.49. The fraction of sp³-hybridized carbons (Fsp3) is 0.533. The minimum atomic E-state index is 0.0177. The monoisotopic (exact) mass is 246 g/mol. The maximum absolute atomic E-state index is 7.34. The van der Waals surface area contributed by atoms with Gasteiger partial charge in [0.05, 0.1) is 5.84 Å². The molecule has 1 atom stereocenters. The van der Waals surface area contributed by atoms with Crippen LogP contribution >= 0.6 is 0 Å². The van der Waals surface area contributed by atoms with Gasteiger partial charge in [-0.15, -0.1) is 0 Å². The number of amidine groups is 1. The third-order valence-corrected chi connectivity index (χ3v) is 3.53. The summed E-state index contributed by atoms with van der Waals surface area (Å²) in [5, 5.41) is 7.34. The highest BCUT2D eigenvalue weighted by atomic mass is 16.5. The number of benzene rings is 1. The lowest BCUT2D eigenvalue weighted by Crippen LogP contribution is -2.24. The molecule has 0 aliphatic heterocycles. The van der Waals surface area contributed by atoms with E-state index in [1.807, 2.05) is 6.07 Å². The van der Waals surface area contributed by atoms with Crippen molar-refractivity contribution in [3.05, 3.63) is 29.3 Å². The normalized spacial score (nSPS) is 15.8. The summed E-state index contributed by atoms with van der Waals surface area (Å²) in [6.07, 6.45) is 6.33. The van der Waals surface area contributed by atoms with Crippen molar-refractivity contribution in [2.24, 2.45) is 5.73 Å². The first-order valence-corrected chi connectivity index (χ1v) is 6.80. The Balaban J connectivity index is 2.06. The number of aryl methyl sites for hydroxylation is 2. The molecule has 1 aromatic rings. The zero-order valence-corrected chi connectivity index (χ0v) is 11.0. The summed E-state index contributed by atoms with van der Waals surface area (Å²) in [7, 11) is 0. The predicted octanol–water partition coefficient (Wildman–Crippen LogP) is 3.05. The highest BCUT2D eigenvalue weighted by Gasteiger charge is 2.13. The number of hydrogen-bond acceptors (Lipinski definition) is 2. The lowest BCUT2D eigenvalue weighted by atomic mass is 9.92. The van der Waals surface area contributed by atoms with Crippen LogP contribution in [0.5, 0.6) is 5.75 Å². The summed E-state index contributed by atoms with van der Waals surface area (Å²) in [5.41, 5.74) is 8.33. The van der Waals surface area contributed by atoms with E-state index in [2.05, 4.69) is 19.1 Å². The Hall–Kier alpha value is -1.51. The number of hydrogen-bond donors (Lipinski definition) is 2. The molecule has 0 amide bonds. The summed E-state index contributed by atoms with van der Waals surface area (Å²) in [6, 6.07) is 6.40. The molecule has 0 saturated carbocycles. The average molecular weight is 246 g/mol. The lowest BCUT2D eigenvalue weighted by Gasteiger charge is -2.20. The summed E-state index contributed by atoms with van der Waals surface area (Å²) in [5.74, 6) is 1.11. The number of rotatable bonds is 5. The quantitative estimate of drug-likeness (QED) is 0.619. The van der Waals surface area contributed by atoms with Gasteiger partial charge in [0.1, 0.15) is 11.9 Å². The van der Waals surface area contributed by atoms with Crippen molar-refractivity contribution in [3.63, 3.8) is 0 Å². The third-order valence-electron chi connectivity index (χ3n) is 3.53. The molecule has 2 rings (SSSR count). The molecule has 0 radical (unpaired) electrons. The van der Waals surface area contributed by atoms with E-state index in [4.69, 9.17) is 15.9 Å². The van der Waals surface area contributed by atoms with Crippen LogP contribution in [0.4, 0.5) is 0 Å². The average Bonchev–Trinajstić information content (AvgIpc) is 2.37. The summed E-state index contributed by atoms with van der Waals surface area (Å²) in [4.78, 5) is 0. The summed E-state index contributed by atoms with van der Waals surface area (Å²) >= 11 is 0. The van der Waals surface area contributed by atoms with E-state index in [1.165, 1.54) is 30.4 Å². The van der Waals surface area contributed by atoms with Crippen molar-refractivity contribution in [2.45, 2.75) is 51.6 Å². The Labute approximate surface area is 109 Å². The van der Waals surface area contributed by atoms with Crippen LogP contribution in [0.2, 0.25) is 0 Å². The Morgan fingerprint density at radius 3 is 2.72 bits per heavy atom. The van der Waals surface area contributed by atoms with Gasteiger partial charge in [-0.1, -0.05) is 13.0 Å². The third kappa shape index (κ3) is 3.25. The Kier molecular flexibility index (Phi) is 4.24. The first-order valence-electron chi connectivity index (χ1n) is 6.80. The molecule has 3 N–H and O–H groups in total. The van der Waals surface area contributed by atoms with E-state index in [1.54, 1.807) is 0 Å². The van der Waals surface area contributed by atoms with Crippen LogP contribution < -0.4 is 10.5 Å². The highest BCUT2D eigenvalue weighted by molar-refractivity contribution is 5.77. The van der Waals surface area contributed by atoms with Crippen molar-refractivity contribution in [3.8, 4) is 5.75 Å². The predicted molar refractivity (Wildman–Crippen MR) is 74.3 cm³/mol. The molecular formula is C15H22N2O. The molecule has 0 aromatic heterocycles. The molecule has 0 heterocycles. The van der Waals surface area contributed by atoms with E-state index in [0.717, 1.165) is 18.6 Å². The second-order valence-corrected chi connectivity index (χ2v) is 5.02. The molecule has 98 valence electrons. The second kappa shape index (κ2) is 5.89. The van der Waals surface area contributed by atoms with Gasteiger partial charge in [0, 0.05) is 6.42 Å². The summed E-state index contributed by atoms with van der Waals surface area (Å²) in [6.45, 7) is 2.06. The van der Waals surface area contributed by atoms with Crippen LogP contribution in [0.1, 0.15) is 43.7 Å².